The Morgan fingerprint density at radius 2 is 1.96 bits per heavy atom. The zero-order valence-electron chi connectivity index (χ0n) is 16.3. The monoisotopic (exact) mass is 409 g/mol. The van der Waals surface area contributed by atoms with Crippen molar-refractivity contribution in [1.29, 1.82) is 0 Å². The number of amidine groups is 1. The molecule has 2 aliphatic rings. The molecule has 8 heteroatoms. The van der Waals surface area contributed by atoms with E-state index in [0.29, 0.717) is 11.6 Å². The maximum atomic E-state index is 12.2. The molecule has 27 heavy (non-hydrogen) atoms. The maximum Gasteiger partial charge on any atom is 0.247 e. The van der Waals surface area contributed by atoms with Crippen molar-refractivity contribution in [2.45, 2.75) is 45.4 Å². The number of fused-ring (bicyclic) bond motifs is 1. The molecule has 0 spiro atoms. The number of nitrogens with zero attached hydrogens (tertiary/aromatic N) is 3. The van der Waals surface area contributed by atoms with Crippen molar-refractivity contribution >= 4 is 44.0 Å². The summed E-state index contributed by atoms with van der Waals surface area (Å²) in [5.41, 5.74) is 3.14. The van der Waals surface area contributed by atoms with E-state index in [-0.39, 0.29) is 28.7 Å². The summed E-state index contributed by atoms with van der Waals surface area (Å²) >= 11 is 1.42. The number of hydrogen-bond acceptors (Lipinski definition) is 5. The molecular weight excluding hydrogens is 382 g/mol. The molecule has 0 bridgehead atoms. The number of carbonyl (C=O) groups excluding carboxylic acids is 1. The van der Waals surface area contributed by atoms with Gasteiger partial charge in [0, 0.05) is 36.1 Å². The summed E-state index contributed by atoms with van der Waals surface area (Å²) in [4.78, 5) is 20.5. The highest BCUT2D eigenvalue weighted by atomic mass is 32.2. The van der Waals surface area contributed by atoms with Gasteiger partial charge in [0.1, 0.15) is 0 Å². The highest BCUT2D eigenvalue weighted by Crippen LogP contribution is 2.42. The molecule has 0 N–H and O–H groups in total. The second-order valence-electron chi connectivity index (χ2n) is 6.96. The van der Waals surface area contributed by atoms with E-state index in [4.69, 9.17) is 0 Å². The number of aryl methyl sites for hydroxylation is 1. The lowest BCUT2D eigenvalue weighted by Crippen LogP contribution is -2.38. The topological polar surface area (TPSA) is 70.0 Å². The van der Waals surface area contributed by atoms with Gasteiger partial charge in [0.25, 0.3) is 0 Å². The zero-order valence-corrected chi connectivity index (χ0v) is 17.9. The quantitative estimate of drug-likeness (QED) is 0.745. The SMILES string of the molecule is CCC(=O)N=C1S[C@@H]2CS(=O)(=O)C[C@@H]2N1c1ccc(N(CC)CC)cc1C. The van der Waals surface area contributed by atoms with Crippen molar-refractivity contribution in [3.05, 3.63) is 23.8 Å². The number of sulfone groups is 1. The van der Waals surface area contributed by atoms with Gasteiger partial charge >= 0.3 is 0 Å². The molecule has 2 fully saturated rings. The fourth-order valence-corrected chi connectivity index (χ4v) is 7.65. The van der Waals surface area contributed by atoms with E-state index >= 15 is 0 Å². The van der Waals surface area contributed by atoms with Gasteiger partial charge in [0.15, 0.2) is 15.0 Å². The number of hydrogen-bond donors (Lipinski definition) is 0. The molecule has 0 aliphatic carbocycles. The first-order valence-electron chi connectivity index (χ1n) is 9.43. The Morgan fingerprint density at radius 1 is 1.26 bits per heavy atom. The van der Waals surface area contributed by atoms with Gasteiger partial charge in [-0.25, -0.2) is 8.42 Å². The van der Waals surface area contributed by atoms with Crippen LogP contribution < -0.4 is 9.80 Å². The van der Waals surface area contributed by atoms with Crippen LogP contribution in [0.5, 0.6) is 0 Å². The molecule has 2 heterocycles. The lowest BCUT2D eigenvalue weighted by atomic mass is 10.1. The summed E-state index contributed by atoms with van der Waals surface area (Å²) < 4.78 is 24.3. The van der Waals surface area contributed by atoms with Crippen molar-refractivity contribution in [1.82, 2.24) is 0 Å². The normalized spacial score (nSPS) is 25.0. The third-order valence-electron chi connectivity index (χ3n) is 5.16. The van der Waals surface area contributed by atoms with Crippen molar-refractivity contribution in [2.75, 3.05) is 34.4 Å². The molecule has 0 radical (unpaired) electrons. The lowest BCUT2D eigenvalue weighted by Gasteiger charge is -2.28. The predicted molar refractivity (Wildman–Crippen MR) is 114 cm³/mol. The fourth-order valence-electron chi connectivity index (χ4n) is 3.73. The van der Waals surface area contributed by atoms with Crippen LogP contribution in [0.3, 0.4) is 0 Å². The van der Waals surface area contributed by atoms with Crippen molar-refractivity contribution in [3.63, 3.8) is 0 Å². The molecule has 148 valence electrons. The fraction of sp³-hybridized carbons (Fsp3) is 0.579. The standard InChI is InChI=1S/C19H27N3O3S2/c1-5-18(23)20-19-22(16-11-27(24,25)12-17(16)26-19)15-9-8-14(10-13(15)4)21(6-2)7-3/h8-10,16-17H,5-7,11-12H2,1-4H3/t16-,17+/m0/s1. The van der Waals surface area contributed by atoms with Gasteiger partial charge in [-0.15, -0.1) is 0 Å². The largest absolute Gasteiger partial charge is 0.372 e. The molecule has 0 aromatic heterocycles. The van der Waals surface area contributed by atoms with E-state index < -0.39 is 9.84 Å². The maximum absolute atomic E-state index is 12.2. The first-order chi connectivity index (χ1) is 12.8. The van der Waals surface area contributed by atoms with Gasteiger partial charge < -0.3 is 9.80 Å². The molecule has 1 aromatic carbocycles. The van der Waals surface area contributed by atoms with Gasteiger partial charge in [0.05, 0.1) is 17.5 Å². The van der Waals surface area contributed by atoms with Crippen molar-refractivity contribution in [2.24, 2.45) is 4.99 Å². The Hall–Kier alpha value is -1.54. The van der Waals surface area contributed by atoms with Crippen molar-refractivity contribution in [3.8, 4) is 0 Å². The Labute approximate surface area is 165 Å². The third-order valence-corrected chi connectivity index (χ3v) is 8.37. The minimum Gasteiger partial charge on any atom is -0.372 e. The molecular formula is C19H27N3O3S2. The molecule has 0 saturated carbocycles. The Balaban J connectivity index is 2.02. The van der Waals surface area contributed by atoms with E-state index in [1.54, 1.807) is 6.92 Å². The minimum absolute atomic E-state index is 0.0692. The van der Waals surface area contributed by atoms with Crippen LogP contribution in [0.2, 0.25) is 0 Å². The third kappa shape index (κ3) is 4.01. The molecule has 1 amide bonds. The highest BCUT2D eigenvalue weighted by Gasteiger charge is 2.49. The average molecular weight is 410 g/mol. The molecule has 3 rings (SSSR count). The first kappa shape index (κ1) is 20.2. The Morgan fingerprint density at radius 3 is 2.56 bits per heavy atom. The summed E-state index contributed by atoms with van der Waals surface area (Å²) in [6.45, 7) is 9.91. The number of aliphatic imine (C=N–C) groups is 1. The zero-order chi connectivity index (χ0) is 19.8. The van der Waals surface area contributed by atoms with E-state index in [1.807, 2.05) is 17.9 Å². The van der Waals surface area contributed by atoms with Gasteiger partial charge in [-0.3, -0.25) is 4.79 Å². The second-order valence-corrected chi connectivity index (χ2v) is 10.3. The molecule has 2 atom stereocenters. The molecule has 0 unspecified atom stereocenters. The van der Waals surface area contributed by atoms with Crippen LogP contribution in [-0.2, 0) is 14.6 Å². The number of amides is 1. The van der Waals surface area contributed by atoms with E-state index in [2.05, 4.69) is 35.9 Å². The number of thioether (sulfide) groups is 1. The summed E-state index contributed by atoms with van der Waals surface area (Å²) in [5, 5.41) is 0.561. The number of carbonyl (C=O) groups is 1. The van der Waals surface area contributed by atoms with Crippen molar-refractivity contribution < 1.29 is 13.2 Å². The molecule has 2 saturated heterocycles. The Kier molecular flexibility index (Phi) is 5.86. The summed E-state index contributed by atoms with van der Waals surface area (Å²) in [7, 11) is -3.06. The second kappa shape index (κ2) is 7.83. The van der Waals surface area contributed by atoms with Crippen LogP contribution in [0, 0.1) is 6.92 Å². The van der Waals surface area contributed by atoms with Gasteiger partial charge in [-0.1, -0.05) is 18.7 Å². The smallest absolute Gasteiger partial charge is 0.247 e. The van der Waals surface area contributed by atoms with Gasteiger partial charge in [0.2, 0.25) is 5.91 Å². The highest BCUT2D eigenvalue weighted by molar-refractivity contribution is 8.16. The van der Waals surface area contributed by atoms with E-state index in [1.165, 1.54) is 11.8 Å². The van der Waals surface area contributed by atoms with E-state index in [0.717, 1.165) is 30.0 Å². The lowest BCUT2D eigenvalue weighted by molar-refractivity contribution is -0.117. The first-order valence-corrected chi connectivity index (χ1v) is 12.1. The van der Waals surface area contributed by atoms with Crippen LogP contribution in [-0.4, -0.2) is 55.4 Å². The molecule has 2 aliphatic heterocycles. The van der Waals surface area contributed by atoms with Crippen LogP contribution in [0.15, 0.2) is 23.2 Å². The van der Waals surface area contributed by atoms with Gasteiger partial charge in [-0.2, -0.15) is 4.99 Å². The van der Waals surface area contributed by atoms with Crippen LogP contribution in [0.1, 0.15) is 32.8 Å². The minimum atomic E-state index is -3.06. The Bertz CT molecular complexity index is 863. The number of rotatable bonds is 5. The van der Waals surface area contributed by atoms with E-state index in [9.17, 15) is 13.2 Å². The summed E-state index contributed by atoms with van der Waals surface area (Å²) in [5.74, 6) is 0.0819. The predicted octanol–water partition coefficient (Wildman–Crippen LogP) is 2.85. The van der Waals surface area contributed by atoms with Gasteiger partial charge in [-0.05, 0) is 44.5 Å². The van der Waals surface area contributed by atoms with Crippen LogP contribution >= 0.6 is 11.8 Å². The van der Waals surface area contributed by atoms with Crippen LogP contribution in [0.4, 0.5) is 11.4 Å². The summed E-state index contributed by atoms with van der Waals surface area (Å²) in [6, 6.07) is 6.06. The molecule has 6 nitrogen and oxygen atoms in total. The molecule has 1 aromatic rings. The number of benzene rings is 1. The van der Waals surface area contributed by atoms with Crippen LogP contribution in [0.25, 0.3) is 0 Å². The number of anilines is 2. The summed E-state index contributed by atoms with van der Waals surface area (Å²) in [6.07, 6.45) is 0.339. The average Bonchev–Trinajstić information content (AvgIpc) is 3.07.